The van der Waals surface area contributed by atoms with E-state index >= 15 is 0 Å². The van der Waals surface area contributed by atoms with Crippen molar-refractivity contribution in [3.63, 3.8) is 0 Å². The van der Waals surface area contributed by atoms with Gasteiger partial charge >= 0.3 is 0 Å². The van der Waals surface area contributed by atoms with Crippen LogP contribution in [-0.4, -0.2) is 20.2 Å². The summed E-state index contributed by atoms with van der Waals surface area (Å²) in [6, 6.07) is 0. The molecule has 98 valence electrons. The molecule has 1 N–H and O–H groups in total. The van der Waals surface area contributed by atoms with E-state index < -0.39 is 26.7 Å². The number of imide groups is 1. The van der Waals surface area contributed by atoms with Crippen LogP contribution < -0.4 is 5.32 Å². The van der Waals surface area contributed by atoms with Crippen LogP contribution in [0.25, 0.3) is 10.4 Å². The zero-order valence-corrected chi connectivity index (χ0v) is 10.5. The zero-order valence-electron chi connectivity index (χ0n) is 9.71. The first-order chi connectivity index (χ1) is 8.44. The van der Waals surface area contributed by atoms with Crippen molar-refractivity contribution in [2.24, 2.45) is 4.52 Å². The highest BCUT2D eigenvalue weighted by molar-refractivity contribution is 7.95. The largest absolute Gasteiger partial charge is 0.288 e. The first-order valence-corrected chi connectivity index (χ1v) is 6.78. The normalized spacial score (nSPS) is 15.6. The molecule has 1 aliphatic heterocycles. The van der Waals surface area contributed by atoms with Crippen LogP contribution in [0.5, 0.6) is 0 Å². The van der Waals surface area contributed by atoms with Gasteiger partial charge in [-0.05, 0) is 18.4 Å². The van der Waals surface area contributed by atoms with Gasteiger partial charge in [0.15, 0.2) is 0 Å². The first kappa shape index (κ1) is 14.2. The van der Waals surface area contributed by atoms with Gasteiger partial charge < -0.3 is 0 Å². The maximum absolute atomic E-state index is 11.5. The summed E-state index contributed by atoms with van der Waals surface area (Å²) in [5.41, 5.74) is 8.03. The number of unbranched alkanes of at least 4 members (excludes halogenated alkanes) is 2. The number of amides is 2. The zero-order chi connectivity index (χ0) is 13.8. The second kappa shape index (κ2) is 5.65. The molecule has 0 aliphatic carbocycles. The molecule has 0 atom stereocenters. The highest BCUT2D eigenvalue weighted by Crippen LogP contribution is 2.24. The van der Waals surface area contributed by atoms with E-state index in [9.17, 15) is 18.0 Å². The standard InChI is InChI=1S/C9H12N4O4S/c1-2-3-4-5-6-7(9(15)11-8(6)14)18(16,17)13-12-10/h2-5H2,1H3,(H,11,14,15). The minimum absolute atomic E-state index is 0.124. The Hall–Kier alpha value is -1.86. The quantitative estimate of drug-likeness (QED) is 0.255. The molecular weight excluding hydrogens is 260 g/mol. The van der Waals surface area contributed by atoms with Crippen LogP contribution in [-0.2, 0) is 19.6 Å². The van der Waals surface area contributed by atoms with E-state index in [1.165, 1.54) is 0 Å². The Labute approximate surface area is 104 Å². The van der Waals surface area contributed by atoms with E-state index in [1.54, 1.807) is 0 Å². The molecule has 0 fully saturated rings. The van der Waals surface area contributed by atoms with Crippen LogP contribution >= 0.6 is 0 Å². The van der Waals surface area contributed by atoms with Crippen LogP contribution in [0.4, 0.5) is 0 Å². The predicted octanol–water partition coefficient (Wildman–Crippen LogP) is 1.12. The Balaban J connectivity index is 3.17. The van der Waals surface area contributed by atoms with Crippen LogP contribution in [0, 0.1) is 0 Å². The summed E-state index contributed by atoms with van der Waals surface area (Å²) in [5.74, 6) is -1.76. The second-order valence-electron chi connectivity index (χ2n) is 3.69. The monoisotopic (exact) mass is 272 g/mol. The van der Waals surface area contributed by atoms with E-state index in [0.29, 0.717) is 6.42 Å². The van der Waals surface area contributed by atoms with Crippen LogP contribution in [0.1, 0.15) is 32.6 Å². The van der Waals surface area contributed by atoms with Crippen molar-refractivity contribution in [1.29, 1.82) is 0 Å². The molecule has 8 nitrogen and oxygen atoms in total. The SMILES string of the molecule is CCCCCC1=C(S(=O)(=O)N=[N+]=[N-])C(=O)NC1=O. The maximum atomic E-state index is 11.5. The van der Waals surface area contributed by atoms with E-state index in [2.05, 4.69) is 9.43 Å². The fourth-order valence-corrected chi connectivity index (χ4v) is 2.59. The number of azide groups is 1. The summed E-state index contributed by atoms with van der Waals surface area (Å²) in [6.07, 6.45) is 2.45. The van der Waals surface area contributed by atoms with E-state index in [1.807, 2.05) is 12.2 Å². The number of nitrogens with zero attached hydrogens (tertiary/aromatic N) is 3. The summed E-state index contributed by atoms with van der Waals surface area (Å²) < 4.78 is 25.7. The summed E-state index contributed by atoms with van der Waals surface area (Å²) in [4.78, 5) is 24.3. The molecule has 18 heavy (non-hydrogen) atoms. The number of hydrogen-bond donors (Lipinski definition) is 1. The first-order valence-electron chi connectivity index (χ1n) is 5.34. The van der Waals surface area contributed by atoms with Gasteiger partial charge in [0.1, 0.15) is 4.91 Å². The third-order valence-electron chi connectivity index (χ3n) is 2.41. The lowest BCUT2D eigenvalue weighted by Crippen LogP contribution is -2.24. The van der Waals surface area contributed by atoms with Gasteiger partial charge in [0, 0.05) is 15.0 Å². The molecule has 0 aromatic rings. The number of carbonyl (C=O) groups is 2. The summed E-state index contributed by atoms with van der Waals surface area (Å²) in [7, 11) is -4.42. The number of rotatable bonds is 6. The molecule has 9 heteroatoms. The van der Waals surface area contributed by atoms with Gasteiger partial charge in [-0.1, -0.05) is 19.8 Å². The average molecular weight is 272 g/mol. The molecule has 1 rings (SSSR count). The van der Waals surface area contributed by atoms with E-state index in [0.717, 1.165) is 12.8 Å². The Morgan fingerprint density at radius 2 is 1.94 bits per heavy atom. The highest BCUT2D eigenvalue weighted by Gasteiger charge is 2.37. The third-order valence-corrected chi connectivity index (χ3v) is 3.65. The molecule has 2 amide bonds. The smallest absolute Gasteiger partial charge is 0.270 e. The van der Waals surface area contributed by atoms with Gasteiger partial charge in [-0.15, -0.1) is 0 Å². The maximum Gasteiger partial charge on any atom is 0.270 e. The minimum Gasteiger partial charge on any atom is -0.288 e. The Kier molecular flexibility index (Phi) is 4.46. The Morgan fingerprint density at radius 3 is 2.50 bits per heavy atom. The lowest BCUT2D eigenvalue weighted by molar-refractivity contribution is -0.124. The number of sulfonamides is 1. The van der Waals surface area contributed by atoms with Crippen molar-refractivity contribution >= 4 is 21.8 Å². The topological polar surface area (TPSA) is 129 Å². The molecule has 0 bridgehead atoms. The van der Waals surface area contributed by atoms with E-state index in [4.69, 9.17) is 5.53 Å². The highest BCUT2D eigenvalue weighted by atomic mass is 32.2. The lowest BCUT2D eigenvalue weighted by Gasteiger charge is -2.00. The molecule has 1 aliphatic rings. The van der Waals surface area contributed by atoms with Crippen molar-refractivity contribution in [1.82, 2.24) is 5.32 Å². The summed E-state index contributed by atoms with van der Waals surface area (Å²) >= 11 is 0. The van der Waals surface area contributed by atoms with Crippen molar-refractivity contribution in [2.45, 2.75) is 32.6 Å². The molecule has 0 aromatic heterocycles. The van der Waals surface area contributed by atoms with Crippen molar-refractivity contribution in [2.75, 3.05) is 0 Å². The Bertz CT molecular complexity index is 557. The molecule has 1 heterocycles. The molecule has 0 saturated carbocycles. The number of carbonyl (C=O) groups excluding carboxylic acids is 2. The number of nitrogens with one attached hydrogen (secondary N) is 1. The van der Waals surface area contributed by atoms with Crippen molar-refractivity contribution in [3.05, 3.63) is 20.9 Å². The fourth-order valence-electron chi connectivity index (χ4n) is 1.62. The Morgan fingerprint density at radius 1 is 1.28 bits per heavy atom. The average Bonchev–Trinajstić information content (AvgIpc) is 2.54. The predicted molar refractivity (Wildman–Crippen MR) is 62.4 cm³/mol. The van der Waals surface area contributed by atoms with E-state index in [-0.39, 0.29) is 12.0 Å². The van der Waals surface area contributed by atoms with Crippen molar-refractivity contribution in [3.8, 4) is 0 Å². The lowest BCUT2D eigenvalue weighted by atomic mass is 10.1. The fraction of sp³-hybridized carbons (Fsp3) is 0.556. The van der Waals surface area contributed by atoms with Gasteiger partial charge in [0.25, 0.3) is 21.8 Å². The van der Waals surface area contributed by atoms with Gasteiger partial charge in [0.05, 0.1) is 0 Å². The molecule has 0 radical (unpaired) electrons. The second-order valence-corrected chi connectivity index (χ2v) is 5.22. The molecule has 0 aromatic carbocycles. The van der Waals surface area contributed by atoms with Gasteiger partial charge in [0.2, 0.25) is 0 Å². The summed E-state index contributed by atoms with van der Waals surface area (Å²) in [5, 5.41) is 1.89. The molecule has 0 spiro atoms. The van der Waals surface area contributed by atoms with Crippen LogP contribution in [0.2, 0.25) is 0 Å². The van der Waals surface area contributed by atoms with Gasteiger partial charge in [-0.3, -0.25) is 14.9 Å². The summed E-state index contributed by atoms with van der Waals surface area (Å²) in [6.45, 7) is 1.95. The van der Waals surface area contributed by atoms with Crippen molar-refractivity contribution < 1.29 is 18.0 Å². The molecule has 0 unspecified atom stereocenters. The third kappa shape index (κ3) is 2.88. The van der Waals surface area contributed by atoms with Gasteiger partial charge in [-0.25, -0.2) is 8.42 Å². The van der Waals surface area contributed by atoms with Crippen LogP contribution in [0.3, 0.4) is 0 Å². The van der Waals surface area contributed by atoms with Gasteiger partial charge in [-0.2, -0.15) is 0 Å². The molecule has 0 saturated heterocycles. The molecular formula is C9H12N4O4S. The number of hydrogen-bond acceptors (Lipinski definition) is 4. The van der Waals surface area contributed by atoms with Crippen LogP contribution in [0.15, 0.2) is 15.0 Å². The minimum atomic E-state index is -4.42.